The zero-order valence-corrected chi connectivity index (χ0v) is 10.6. The van der Waals surface area contributed by atoms with Crippen LogP contribution in [0.2, 0.25) is 0 Å². The van der Waals surface area contributed by atoms with E-state index in [0.717, 1.165) is 29.5 Å². The lowest BCUT2D eigenvalue weighted by atomic mass is 10.1. The van der Waals surface area contributed by atoms with Gasteiger partial charge in [0, 0.05) is 23.9 Å². The molecular weight excluding hydrogens is 256 g/mol. The highest BCUT2D eigenvalue weighted by Crippen LogP contribution is 2.27. The number of rotatable bonds is 3. The second-order valence-corrected chi connectivity index (χ2v) is 4.69. The van der Waals surface area contributed by atoms with Crippen molar-refractivity contribution in [2.45, 2.75) is 18.7 Å². The highest BCUT2D eigenvalue weighted by molar-refractivity contribution is 6.20. The van der Waals surface area contributed by atoms with Crippen LogP contribution in [0, 0.1) is 18.6 Å². The van der Waals surface area contributed by atoms with Gasteiger partial charge in [-0.05, 0) is 36.8 Å². The first-order valence-electron chi connectivity index (χ1n) is 5.57. The smallest absolute Gasteiger partial charge is 0.128 e. The summed E-state index contributed by atoms with van der Waals surface area (Å²) >= 11 is 6.11. The highest BCUT2D eigenvalue weighted by Gasteiger charge is 2.15. The van der Waals surface area contributed by atoms with E-state index < -0.39 is 17.0 Å². The van der Waals surface area contributed by atoms with Crippen LogP contribution in [0.5, 0.6) is 0 Å². The Morgan fingerprint density at radius 2 is 2.00 bits per heavy atom. The maximum absolute atomic E-state index is 13.5. The van der Waals surface area contributed by atoms with Crippen LogP contribution in [0.25, 0.3) is 0 Å². The molecule has 1 aromatic heterocycles. The van der Waals surface area contributed by atoms with Gasteiger partial charge in [-0.25, -0.2) is 8.78 Å². The van der Waals surface area contributed by atoms with Gasteiger partial charge in [0.1, 0.15) is 11.6 Å². The van der Waals surface area contributed by atoms with Crippen LogP contribution >= 0.6 is 11.6 Å². The van der Waals surface area contributed by atoms with Crippen LogP contribution in [0.4, 0.5) is 8.78 Å². The Morgan fingerprint density at radius 3 is 2.67 bits per heavy atom. The molecule has 4 heteroatoms. The molecule has 0 radical (unpaired) electrons. The quantitative estimate of drug-likeness (QED) is 0.760. The normalized spacial score (nSPS) is 12.4. The van der Waals surface area contributed by atoms with Crippen molar-refractivity contribution in [2.24, 2.45) is 0 Å². The maximum atomic E-state index is 13.5. The van der Waals surface area contributed by atoms with Gasteiger partial charge in [0.05, 0.1) is 5.38 Å². The van der Waals surface area contributed by atoms with Crippen molar-refractivity contribution in [2.75, 3.05) is 0 Å². The first-order valence-corrected chi connectivity index (χ1v) is 6.00. The van der Waals surface area contributed by atoms with Crippen molar-refractivity contribution in [3.63, 3.8) is 0 Å². The average molecular weight is 268 g/mol. The molecule has 1 nitrogen and oxygen atoms in total. The van der Waals surface area contributed by atoms with Crippen LogP contribution in [0.15, 0.2) is 36.5 Å². The zero-order valence-electron chi connectivity index (χ0n) is 9.83. The van der Waals surface area contributed by atoms with E-state index in [1.165, 1.54) is 0 Å². The fourth-order valence-electron chi connectivity index (χ4n) is 1.67. The minimum Gasteiger partial charge on any atom is -0.261 e. The number of benzene rings is 1. The van der Waals surface area contributed by atoms with Crippen molar-refractivity contribution in [3.05, 3.63) is 65.0 Å². The van der Waals surface area contributed by atoms with Crippen molar-refractivity contribution in [1.82, 2.24) is 4.98 Å². The van der Waals surface area contributed by atoms with Crippen LogP contribution in [-0.2, 0) is 6.42 Å². The molecule has 1 heterocycles. The third kappa shape index (κ3) is 3.05. The Labute approximate surface area is 109 Å². The van der Waals surface area contributed by atoms with Gasteiger partial charge in [-0.3, -0.25) is 4.98 Å². The van der Waals surface area contributed by atoms with Gasteiger partial charge in [-0.2, -0.15) is 0 Å². The average Bonchev–Trinajstić information content (AvgIpc) is 2.35. The van der Waals surface area contributed by atoms with Crippen LogP contribution in [0.1, 0.15) is 22.2 Å². The number of aryl methyl sites for hydroxylation is 1. The molecule has 0 fully saturated rings. The van der Waals surface area contributed by atoms with E-state index in [4.69, 9.17) is 11.6 Å². The van der Waals surface area contributed by atoms with E-state index in [1.807, 2.05) is 19.1 Å². The molecule has 0 bridgehead atoms. The van der Waals surface area contributed by atoms with Crippen molar-refractivity contribution < 1.29 is 8.78 Å². The molecule has 0 saturated carbocycles. The van der Waals surface area contributed by atoms with E-state index in [9.17, 15) is 8.78 Å². The lowest BCUT2D eigenvalue weighted by Crippen LogP contribution is -2.01. The van der Waals surface area contributed by atoms with Crippen molar-refractivity contribution in [3.8, 4) is 0 Å². The van der Waals surface area contributed by atoms with E-state index in [-0.39, 0.29) is 5.56 Å². The monoisotopic (exact) mass is 267 g/mol. The van der Waals surface area contributed by atoms with Crippen LogP contribution < -0.4 is 0 Å². The van der Waals surface area contributed by atoms with Crippen LogP contribution in [0.3, 0.4) is 0 Å². The highest BCUT2D eigenvalue weighted by atomic mass is 35.5. The number of alkyl halides is 1. The number of halogens is 3. The Bertz CT molecular complexity index is 540. The molecule has 0 saturated heterocycles. The molecule has 1 atom stereocenters. The molecule has 18 heavy (non-hydrogen) atoms. The lowest BCUT2D eigenvalue weighted by molar-refractivity contribution is 0.581. The largest absolute Gasteiger partial charge is 0.261 e. The summed E-state index contributed by atoms with van der Waals surface area (Å²) in [6, 6.07) is 7.03. The van der Waals surface area contributed by atoms with Gasteiger partial charge in [0.2, 0.25) is 0 Å². The number of hydrogen-bond acceptors (Lipinski definition) is 1. The molecule has 0 spiro atoms. The minimum absolute atomic E-state index is 0.166. The van der Waals surface area contributed by atoms with Gasteiger partial charge < -0.3 is 0 Å². The van der Waals surface area contributed by atoms with Gasteiger partial charge in [0.25, 0.3) is 0 Å². The molecule has 0 aliphatic rings. The number of pyridine rings is 1. The molecule has 2 aromatic rings. The fourth-order valence-corrected chi connectivity index (χ4v) is 1.99. The molecule has 2 rings (SSSR count). The summed E-state index contributed by atoms with van der Waals surface area (Å²) in [6.07, 6.45) is 2.09. The molecule has 1 unspecified atom stereocenters. The predicted octanol–water partition coefficient (Wildman–Crippen LogP) is 4.19. The first-order chi connectivity index (χ1) is 8.56. The second kappa shape index (κ2) is 5.44. The molecule has 1 aromatic carbocycles. The predicted molar refractivity (Wildman–Crippen MR) is 67.6 cm³/mol. The SMILES string of the molecule is Cc1ccc(CC(Cl)c2cc(F)ccc2F)nc1. The summed E-state index contributed by atoms with van der Waals surface area (Å²) in [5.41, 5.74) is 1.96. The molecule has 0 aliphatic carbocycles. The van der Waals surface area contributed by atoms with Crippen LogP contribution in [-0.4, -0.2) is 4.98 Å². The molecule has 0 N–H and O–H groups in total. The molecular formula is C14H12ClF2N. The summed E-state index contributed by atoms with van der Waals surface area (Å²) in [7, 11) is 0. The summed E-state index contributed by atoms with van der Waals surface area (Å²) in [6.45, 7) is 1.93. The van der Waals surface area contributed by atoms with Crippen molar-refractivity contribution >= 4 is 11.6 Å². The molecule has 0 aliphatic heterocycles. The minimum atomic E-state index is -0.629. The number of hydrogen-bond donors (Lipinski definition) is 0. The second-order valence-electron chi connectivity index (χ2n) is 4.16. The number of aromatic nitrogens is 1. The Kier molecular flexibility index (Phi) is 3.92. The molecule has 0 amide bonds. The standard InChI is InChI=1S/C14H12ClF2N/c1-9-2-4-11(18-8-9)7-13(15)12-6-10(16)3-5-14(12)17/h2-6,8,13H,7H2,1H3. The van der Waals surface area contributed by atoms with Crippen molar-refractivity contribution in [1.29, 1.82) is 0 Å². The Hall–Kier alpha value is -1.48. The lowest BCUT2D eigenvalue weighted by Gasteiger charge is -2.10. The van der Waals surface area contributed by atoms with Gasteiger partial charge >= 0.3 is 0 Å². The summed E-state index contributed by atoms with van der Waals surface area (Å²) < 4.78 is 26.6. The maximum Gasteiger partial charge on any atom is 0.128 e. The van der Waals surface area contributed by atoms with E-state index in [0.29, 0.717) is 6.42 Å². The van der Waals surface area contributed by atoms with Gasteiger partial charge in [-0.1, -0.05) is 6.07 Å². The topological polar surface area (TPSA) is 12.9 Å². The Morgan fingerprint density at radius 1 is 1.22 bits per heavy atom. The van der Waals surface area contributed by atoms with E-state index in [2.05, 4.69) is 4.98 Å². The van der Waals surface area contributed by atoms with Gasteiger partial charge in [-0.15, -0.1) is 11.6 Å². The third-order valence-electron chi connectivity index (χ3n) is 2.66. The first kappa shape index (κ1) is 13.0. The summed E-state index contributed by atoms with van der Waals surface area (Å²) in [5, 5.41) is -0.629. The van der Waals surface area contributed by atoms with E-state index >= 15 is 0 Å². The summed E-state index contributed by atoms with van der Waals surface area (Å²) in [5.74, 6) is -0.988. The van der Waals surface area contributed by atoms with E-state index in [1.54, 1.807) is 6.20 Å². The third-order valence-corrected chi connectivity index (χ3v) is 3.05. The molecule has 94 valence electrons. The number of nitrogens with zero attached hydrogens (tertiary/aromatic N) is 1. The van der Waals surface area contributed by atoms with Gasteiger partial charge in [0.15, 0.2) is 0 Å². The zero-order chi connectivity index (χ0) is 13.1. The Balaban J connectivity index is 2.18. The summed E-state index contributed by atoms with van der Waals surface area (Å²) in [4.78, 5) is 4.20. The fraction of sp³-hybridized carbons (Fsp3) is 0.214.